The Kier molecular flexibility index (Phi) is 4.48. The third kappa shape index (κ3) is 3.09. The van der Waals surface area contributed by atoms with Crippen LogP contribution >= 0.6 is 11.6 Å². The van der Waals surface area contributed by atoms with E-state index >= 15 is 0 Å². The van der Waals surface area contributed by atoms with Gasteiger partial charge in [-0.1, -0.05) is 18.5 Å². The Bertz CT molecular complexity index is 539. The number of pyridine rings is 1. The molecule has 1 aliphatic rings. The molecule has 6 heteroatoms. The number of aromatic nitrogens is 1. The molecule has 1 heterocycles. The SMILES string of the molecule is CC1CCC(N(C)S(=O)(=O)c2cnccc2Cl)CC1. The summed E-state index contributed by atoms with van der Waals surface area (Å²) in [5, 5.41) is 0.228. The average Bonchev–Trinajstić information content (AvgIpc) is 2.39. The molecule has 106 valence electrons. The van der Waals surface area contributed by atoms with E-state index in [-0.39, 0.29) is 16.0 Å². The summed E-state index contributed by atoms with van der Waals surface area (Å²) < 4.78 is 26.5. The van der Waals surface area contributed by atoms with Gasteiger partial charge < -0.3 is 0 Å². The maximum absolute atomic E-state index is 12.5. The average molecular weight is 303 g/mol. The lowest BCUT2D eigenvalue weighted by Crippen LogP contribution is -2.39. The van der Waals surface area contributed by atoms with E-state index in [4.69, 9.17) is 11.6 Å². The highest BCUT2D eigenvalue weighted by molar-refractivity contribution is 7.89. The maximum atomic E-state index is 12.5. The van der Waals surface area contributed by atoms with Crippen LogP contribution in [0.1, 0.15) is 32.6 Å². The molecule has 0 aromatic carbocycles. The zero-order valence-corrected chi connectivity index (χ0v) is 12.8. The molecule has 1 aromatic rings. The van der Waals surface area contributed by atoms with Crippen molar-refractivity contribution < 1.29 is 8.42 Å². The van der Waals surface area contributed by atoms with Gasteiger partial charge >= 0.3 is 0 Å². The van der Waals surface area contributed by atoms with Crippen LogP contribution in [0.5, 0.6) is 0 Å². The fourth-order valence-corrected chi connectivity index (χ4v) is 4.33. The molecule has 0 aliphatic heterocycles. The van der Waals surface area contributed by atoms with E-state index in [9.17, 15) is 8.42 Å². The van der Waals surface area contributed by atoms with E-state index in [1.807, 2.05) is 0 Å². The standard InChI is InChI=1S/C13H19ClN2O2S/c1-10-3-5-11(6-4-10)16(2)19(17,18)13-9-15-8-7-12(13)14/h7-11H,3-6H2,1-2H3. The molecule has 1 aromatic heterocycles. The largest absolute Gasteiger partial charge is 0.263 e. The summed E-state index contributed by atoms with van der Waals surface area (Å²) in [5.41, 5.74) is 0. The monoisotopic (exact) mass is 302 g/mol. The number of halogens is 1. The van der Waals surface area contributed by atoms with Crippen molar-refractivity contribution >= 4 is 21.6 Å². The molecule has 0 atom stereocenters. The van der Waals surface area contributed by atoms with Crippen LogP contribution in [0, 0.1) is 5.92 Å². The van der Waals surface area contributed by atoms with Crippen molar-refractivity contribution in [2.24, 2.45) is 5.92 Å². The van der Waals surface area contributed by atoms with Gasteiger partial charge in [-0.15, -0.1) is 0 Å². The Balaban J connectivity index is 2.23. The van der Waals surface area contributed by atoms with E-state index in [0.717, 1.165) is 25.7 Å². The minimum absolute atomic E-state index is 0.0671. The molecular weight excluding hydrogens is 284 g/mol. The van der Waals surface area contributed by atoms with Gasteiger partial charge in [0.2, 0.25) is 10.0 Å². The molecule has 1 aliphatic carbocycles. The van der Waals surface area contributed by atoms with Crippen LogP contribution in [-0.4, -0.2) is 30.8 Å². The molecule has 19 heavy (non-hydrogen) atoms. The number of hydrogen-bond donors (Lipinski definition) is 0. The lowest BCUT2D eigenvalue weighted by atomic mass is 9.87. The molecule has 0 bridgehead atoms. The van der Waals surface area contributed by atoms with Gasteiger partial charge in [-0.2, -0.15) is 4.31 Å². The molecule has 0 saturated heterocycles. The van der Waals surface area contributed by atoms with Crippen molar-refractivity contribution in [3.63, 3.8) is 0 Å². The Hall–Kier alpha value is -0.650. The van der Waals surface area contributed by atoms with Crippen LogP contribution in [0.2, 0.25) is 5.02 Å². The summed E-state index contributed by atoms with van der Waals surface area (Å²) in [6, 6.07) is 1.57. The number of nitrogens with zero attached hydrogens (tertiary/aromatic N) is 2. The summed E-state index contributed by atoms with van der Waals surface area (Å²) >= 11 is 5.97. The quantitative estimate of drug-likeness (QED) is 0.862. The van der Waals surface area contributed by atoms with E-state index in [1.165, 1.54) is 22.8 Å². The molecule has 0 spiro atoms. The second-order valence-electron chi connectivity index (χ2n) is 5.24. The Morgan fingerprint density at radius 3 is 2.53 bits per heavy atom. The van der Waals surface area contributed by atoms with Gasteiger partial charge in [0.25, 0.3) is 0 Å². The molecule has 0 amide bonds. The zero-order valence-electron chi connectivity index (χ0n) is 11.2. The van der Waals surface area contributed by atoms with Gasteiger partial charge in [-0.3, -0.25) is 4.98 Å². The number of rotatable bonds is 3. The van der Waals surface area contributed by atoms with Gasteiger partial charge in [0.15, 0.2) is 0 Å². The highest BCUT2D eigenvalue weighted by Gasteiger charge is 2.31. The first-order valence-corrected chi connectivity index (χ1v) is 8.32. The molecule has 0 radical (unpaired) electrons. The molecule has 1 fully saturated rings. The van der Waals surface area contributed by atoms with Crippen molar-refractivity contribution in [1.29, 1.82) is 0 Å². The van der Waals surface area contributed by atoms with E-state index < -0.39 is 10.0 Å². The summed E-state index contributed by atoms with van der Waals surface area (Å²) in [5.74, 6) is 0.689. The normalized spacial score (nSPS) is 24.6. The molecule has 4 nitrogen and oxygen atoms in total. The second kappa shape index (κ2) is 5.77. The molecule has 0 N–H and O–H groups in total. The third-order valence-electron chi connectivity index (χ3n) is 3.89. The van der Waals surface area contributed by atoms with E-state index in [2.05, 4.69) is 11.9 Å². The van der Waals surface area contributed by atoms with Gasteiger partial charge in [0.1, 0.15) is 4.90 Å². The first-order valence-electron chi connectivity index (χ1n) is 6.50. The van der Waals surface area contributed by atoms with Crippen LogP contribution < -0.4 is 0 Å². The Labute approximate surface area is 119 Å². The van der Waals surface area contributed by atoms with Crippen LogP contribution in [0.4, 0.5) is 0 Å². The summed E-state index contributed by atoms with van der Waals surface area (Å²) in [6.07, 6.45) is 6.78. The van der Waals surface area contributed by atoms with Gasteiger partial charge in [0.05, 0.1) is 5.02 Å². The van der Waals surface area contributed by atoms with Crippen molar-refractivity contribution in [2.45, 2.75) is 43.5 Å². The fourth-order valence-electron chi connectivity index (χ4n) is 2.51. The molecule has 1 saturated carbocycles. The Morgan fingerprint density at radius 1 is 1.32 bits per heavy atom. The predicted octanol–water partition coefficient (Wildman–Crippen LogP) is 2.93. The molecule has 0 unspecified atom stereocenters. The minimum Gasteiger partial charge on any atom is -0.263 e. The van der Waals surface area contributed by atoms with Gasteiger partial charge in [0, 0.05) is 25.5 Å². The van der Waals surface area contributed by atoms with E-state index in [1.54, 1.807) is 7.05 Å². The molecule has 2 rings (SSSR count). The highest BCUT2D eigenvalue weighted by atomic mass is 35.5. The summed E-state index contributed by atoms with van der Waals surface area (Å²) in [6.45, 7) is 2.21. The number of sulfonamides is 1. The van der Waals surface area contributed by atoms with Crippen molar-refractivity contribution in [1.82, 2.24) is 9.29 Å². The second-order valence-corrected chi connectivity index (χ2v) is 7.61. The van der Waals surface area contributed by atoms with Crippen LogP contribution in [0.15, 0.2) is 23.4 Å². The predicted molar refractivity (Wildman–Crippen MR) is 75.6 cm³/mol. The lowest BCUT2D eigenvalue weighted by molar-refractivity contribution is 0.246. The van der Waals surface area contributed by atoms with E-state index in [0.29, 0.717) is 5.92 Å². The topological polar surface area (TPSA) is 50.3 Å². The smallest absolute Gasteiger partial charge is 0.246 e. The first kappa shape index (κ1) is 14.8. The van der Waals surface area contributed by atoms with Crippen molar-refractivity contribution in [3.8, 4) is 0 Å². The van der Waals surface area contributed by atoms with Crippen LogP contribution in [-0.2, 0) is 10.0 Å². The van der Waals surface area contributed by atoms with Crippen molar-refractivity contribution in [2.75, 3.05) is 7.05 Å². The summed E-state index contributed by atoms with van der Waals surface area (Å²) in [4.78, 5) is 3.96. The minimum atomic E-state index is -3.55. The Morgan fingerprint density at radius 2 is 1.95 bits per heavy atom. The van der Waals surface area contributed by atoms with Crippen molar-refractivity contribution in [3.05, 3.63) is 23.5 Å². The lowest BCUT2D eigenvalue weighted by Gasteiger charge is -2.32. The van der Waals surface area contributed by atoms with Gasteiger partial charge in [-0.05, 0) is 37.7 Å². The molecular formula is C13H19ClN2O2S. The summed E-state index contributed by atoms with van der Waals surface area (Å²) in [7, 11) is -1.91. The first-order chi connectivity index (χ1) is 8.93. The van der Waals surface area contributed by atoms with Crippen LogP contribution in [0.3, 0.4) is 0 Å². The fraction of sp³-hybridized carbons (Fsp3) is 0.615. The number of hydrogen-bond acceptors (Lipinski definition) is 3. The zero-order chi connectivity index (χ0) is 14.0. The van der Waals surface area contributed by atoms with Crippen LogP contribution in [0.25, 0.3) is 0 Å². The highest BCUT2D eigenvalue weighted by Crippen LogP contribution is 2.31. The maximum Gasteiger partial charge on any atom is 0.246 e. The van der Waals surface area contributed by atoms with Gasteiger partial charge in [-0.25, -0.2) is 8.42 Å². The third-order valence-corrected chi connectivity index (χ3v) is 6.27.